The van der Waals surface area contributed by atoms with Gasteiger partial charge in [0.15, 0.2) is 0 Å². The maximum absolute atomic E-state index is 11.1. The Balaban J connectivity index is 0.00000147. The summed E-state index contributed by atoms with van der Waals surface area (Å²) in [5.74, 6) is -0.321. The predicted octanol–water partition coefficient (Wildman–Crippen LogP) is 1.84. The van der Waals surface area contributed by atoms with E-state index in [4.69, 9.17) is 5.73 Å². The summed E-state index contributed by atoms with van der Waals surface area (Å²) in [4.78, 5) is 14.9. The van der Waals surface area contributed by atoms with Crippen molar-refractivity contribution in [3.8, 4) is 0 Å². The topological polar surface area (TPSA) is 58.4 Å². The van der Waals surface area contributed by atoms with E-state index in [9.17, 15) is 4.79 Å². The lowest BCUT2D eigenvalue weighted by Gasteiger charge is -2.33. The number of nitrogens with two attached hydrogens (primary N) is 1. The Kier molecular flexibility index (Phi) is 5.07. The van der Waals surface area contributed by atoms with Crippen molar-refractivity contribution in [2.24, 2.45) is 11.1 Å². The van der Waals surface area contributed by atoms with E-state index in [2.05, 4.69) is 10.2 Å². The van der Waals surface area contributed by atoms with Gasteiger partial charge in [0.2, 0.25) is 5.91 Å². The lowest BCUT2D eigenvalue weighted by atomic mass is 9.78. The average Bonchev–Trinajstić information content (AvgIpc) is 2.99. The maximum Gasteiger partial charge on any atom is 0.249 e. The molecule has 1 spiro atoms. The zero-order valence-corrected chi connectivity index (χ0v) is 13.2. The molecular weight excluding hydrogens is 294 g/mol. The van der Waals surface area contributed by atoms with Gasteiger partial charge in [-0.3, -0.25) is 9.69 Å². The van der Waals surface area contributed by atoms with Gasteiger partial charge in [-0.2, -0.15) is 0 Å². The van der Waals surface area contributed by atoms with E-state index in [1.165, 1.54) is 50.3 Å². The summed E-state index contributed by atoms with van der Waals surface area (Å²) < 4.78 is 0. The fourth-order valence-electron chi connectivity index (χ4n) is 3.34. The molecular formula is C14H22ClN3OS. The van der Waals surface area contributed by atoms with Crippen LogP contribution in [0.2, 0.25) is 0 Å². The molecule has 20 heavy (non-hydrogen) atoms. The van der Waals surface area contributed by atoms with Crippen LogP contribution in [0.25, 0.3) is 0 Å². The van der Waals surface area contributed by atoms with Gasteiger partial charge in [0, 0.05) is 23.3 Å². The minimum absolute atomic E-state index is 0. The van der Waals surface area contributed by atoms with Crippen LogP contribution in [0, 0.1) is 5.41 Å². The van der Waals surface area contributed by atoms with E-state index in [-0.39, 0.29) is 18.3 Å². The minimum atomic E-state index is -0.321. The maximum atomic E-state index is 11.1. The first-order valence-electron chi connectivity index (χ1n) is 6.97. The van der Waals surface area contributed by atoms with Crippen LogP contribution >= 0.6 is 23.7 Å². The molecule has 2 aliphatic rings. The van der Waals surface area contributed by atoms with Crippen molar-refractivity contribution in [3.63, 3.8) is 0 Å². The van der Waals surface area contributed by atoms with Crippen molar-refractivity contribution < 1.29 is 4.79 Å². The highest BCUT2D eigenvalue weighted by molar-refractivity contribution is 7.10. The highest BCUT2D eigenvalue weighted by atomic mass is 35.5. The molecule has 4 nitrogen and oxygen atoms in total. The number of nitrogens with zero attached hydrogens (tertiary/aromatic N) is 1. The van der Waals surface area contributed by atoms with Crippen LogP contribution < -0.4 is 11.1 Å². The zero-order valence-electron chi connectivity index (χ0n) is 11.6. The van der Waals surface area contributed by atoms with Crippen LogP contribution in [0.1, 0.15) is 34.5 Å². The van der Waals surface area contributed by atoms with E-state index in [1.807, 2.05) is 11.4 Å². The monoisotopic (exact) mass is 315 g/mol. The van der Waals surface area contributed by atoms with Gasteiger partial charge in [-0.05, 0) is 50.4 Å². The molecule has 0 saturated carbocycles. The second-order valence-electron chi connectivity index (χ2n) is 5.88. The molecule has 0 atom stereocenters. The van der Waals surface area contributed by atoms with E-state index >= 15 is 0 Å². The summed E-state index contributed by atoms with van der Waals surface area (Å²) in [5, 5.41) is 5.32. The van der Waals surface area contributed by atoms with E-state index in [0.717, 1.165) is 6.54 Å². The van der Waals surface area contributed by atoms with Gasteiger partial charge in [0.1, 0.15) is 0 Å². The largest absolute Gasteiger partial charge is 0.366 e. The van der Waals surface area contributed by atoms with Gasteiger partial charge in [0.25, 0.3) is 0 Å². The summed E-state index contributed by atoms with van der Waals surface area (Å²) in [6.45, 7) is 5.69. The Hall–Kier alpha value is -0.620. The molecule has 0 radical (unpaired) electrons. The number of thiophene rings is 1. The Bertz CT molecular complexity index is 471. The summed E-state index contributed by atoms with van der Waals surface area (Å²) in [7, 11) is 0. The van der Waals surface area contributed by atoms with Crippen LogP contribution in [0.15, 0.2) is 11.4 Å². The van der Waals surface area contributed by atoms with Gasteiger partial charge in [-0.25, -0.2) is 0 Å². The fraction of sp³-hybridized carbons (Fsp3) is 0.643. The third-order valence-electron chi connectivity index (χ3n) is 4.50. The molecule has 2 aliphatic heterocycles. The molecule has 1 aromatic rings. The van der Waals surface area contributed by atoms with Crippen molar-refractivity contribution in [2.45, 2.75) is 25.8 Å². The number of carbonyl (C=O) groups excluding carboxylic acids is 1. The summed E-state index contributed by atoms with van der Waals surface area (Å²) >= 11 is 1.64. The van der Waals surface area contributed by atoms with Crippen LogP contribution in [-0.4, -0.2) is 37.0 Å². The Labute approximate surface area is 130 Å². The molecule has 3 rings (SSSR count). The van der Waals surface area contributed by atoms with Crippen molar-refractivity contribution in [2.75, 3.05) is 26.2 Å². The summed E-state index contributed by atoms with van der Waals surface area (Å²) in [6.07, 6.45) is 3.93. The highest BCUT2D eigenvalue weighted by Gasteiger charge is 2.38. The molecule has 6 heteroatoms. The molecule has 2 saturated heterocycles. The van der Waals surface area contributed by atoms with Crippen LogP contribution in [0.3, 0.4) is 0 Å². The Morgan fingerprint density at radius 2 is 2.15 bits per heavy atom. The Morgan fingerprint density at radius 1 is 1.40 bits per heavy atom. The molecule has 3 N–H and O–H groups in total. The van der Waals surface area contributed by atoms with Gasteiger partial charge in [0.05, 0.1) is 5.56 Å². The van der Waals surface area contributed by atoms with Crippen molar-refractivity contribution >= 4 is 29.7 Å². The number of primary amides is 1. The van der Waals surface area contributed by atoms with Crippen molar-refractivity contribution in [3.05, 3.63) is 21.9 Å². The number of amides is 1. The molecule has 0 unspecified atom stereocenters. The number of halogens is 1. The van der Waals surface area contributed by atoms with Gasteiger partial charge in [-0.15, -0.1) is 23.7 Å². The number of carbonyl (C=O) groups is 1. The van der Waals surface area contributed by atoms with Gasteiger partial charge in [-0.1, -0.05) is 0 Å². The molecule has 0 aliphatic carbocycles. The lowest BCUT2D eigenvalue weighted by molar-refractivity contribution is 0.100. The molecule has 112 valence electrons. The van der Waals surface area contributed by atoms with Crippen LogP contribution in [-0.2, 0) is 6.54 Å². The SMILES string of the molecule is Cl.NC(=O)c1csc(CN2CCC3(CCNCC3)C2)c1. The van der Waals surface area contributed by atoms with E-state index < -0.39 is 0 Å². The van der Waals surface area contributed by atoms with Crippen molar-refractivity contribution in [1.82, 2.24) is 10.2 Å². The first-order chi connectivity index (χ1) is 9.17. The standard InChI is InChI=1S/C14H21N3OS.ClH/c15-13(18)11-7-12(19-9-11)8-17-6-3-14(10-17)1-4-16-5-2-14;/h7,9,16H,1-6,8,10H2,(H2,15,18);1H. The molecule has 2 fully saturated rings. The molecule has 0 bridgehead atoms. The van der Waals surface area contributed by atoms with E-state index in [1.54, 1.807) is 11.3 Å². The molecule has 1 amide bonds. The second-order valence-corrected chi connectivity index (χ2v) is 6.87. The molecule has 1 aromatic heterocycles. The number of hydrogen-bond acceptors (Lipinski definition) is 4. The smallest absolute Gasteiger partial charge is 0.249 e. The zero-order chi connectivity index (χ0) is 13.3. The number of likely N-dealkylation sites (tertiary alicyclic amines) is 1. The normalized spacial score (nSPS) is 21.8. The third-order valence-corrected chi connectivity index (χ3v) is 5.42. The summed E-state index contributed by atoms with van der Waals surface area (Å²) in [5.41, 5.74) is 6.49. The number of nitrogens with one attached hydrogen (secondary N) is 1. The summed E-state index contributed by atoms with van der Waals surface area (Å²) in [6, 6.07) is 1.94. The predicted molar refractivity (Wildman–Crippen MR) is 84.5 cm³/mol. The quantitative estimate of drug-likeness (QED) is 0.895. The second kappa shape index (κ2) is 6.43. The Morgan fingerprint density at radius 3 is 2.80 bits per heavy atom. The van der Waals surface area contributed by atoms with Gasteiger partial charge >= 0.3 is 0 Å². The highest BCUT2D eigenvalue weighted by Crippen LogP contribution is 2.39. The first-order valence-corrected chi connectivity index (χ1v) is 7.85. The van der Waals surface area contributed by atoms with Crippen LogP contribution in [0.4, 0.5) is 0 Å². The first kappa shape index (κ1) is 15.8. The minimum Gasteiger partial charge on any atom is -0.366 e. The third kappa shape index (κ3) is 3.34. The van der Waals surface area contributed by atoms with Gasteiger partial charge < -0.3 is 11.1 Å². The van der Waals surface area contributed by atoms with Crippen LogP contribution in [0.5, 0.6) is 0 Å². The number of hydrogen-bond donors (Lipinski definition) is 2. The average molecular weight is 316 g/mol. The molecule has 0 aromatic carbocycles. The number of rotatable bonds is 3. The van der Waals surface area contributed by atoms with E-state index in [0.29, 0.717) is 11.0 Å². The molecule has 3 heterocycles. The van der Waals surface area contributed by atoms with Crippen molar-refractivity contribution in [1.29, 1.82) is 0 Å². The number of piperidine rings is 1. The lowest BCUT2D eigenvalue weighted by Crippen LogP contribution is -2.38. The fourth-order valence-corrected chi connectivity index (χ4v) is 4.26.